The van der Waals surface area contributed by atoms with Crippen molar-refractivity contribution in [1.29, 1.82) is 0 Å². The van der Waals surface area contributed by atoms with Crippen LogP contribution in [0.2, 0.25) is 0 Å². The molecule has 1 saturated heterocycles. The summed E-state index contributed by atoms with van der Waals surface area (Å²) in [6.45, 7) is 4.95. The van der Waals surface area contributed by atoms with E-state index in [0.717, 1.165) is 24.8 Å². The molecule has 1 heterocycles. The minimum Gasteiger partial charge on any atom is -0.393 e. The maximum absolute atomic E-state index is 9.45. The summed E-state index contributed by atoms with van der Waals surface area (Å²) in [5.41, 5.74) is 0. The third-order valence-corrected chi connectivity index (χ3v) is 4.00. The lowest BCUT2D eigenvalue weighted by Crippen LogP contribution is -2.43. The Balaban J connectivity index is 1.78. The Labute approximate surface area is 87.3 Å². The maximum Gasteiger partial charge on any atom is 0.0541 e. The molecule has 0 spiro atoms. The highest BCUT2D eigenvalue weighted by Gasteiger charge is 2.26. The van der Waals surface area contributed by atoms with Crippen LogP contribution in [0.25, 0.3) is 0 Å². The van der Waals surface area contributed by atoms with E-state index in [0.29, 0.717) is 0 Å². The zero-order chi connectivity index (χ0) is 9.97. The minimum absolute atomic E-state index is 0.00466. The van der Waals surface area contributed by atoms with Gasteiger partial charge < -0.3 is 10.0 Å². The number of nitrogens with zero attached hydrogens (tertiary/aromatic N) is 1. The highest BCUT2D eigenvalue weighted by atomic mass is 16.3. The molecule has 1 saturated carbocycles. The molecule has 0 radical (unpaired) electrons. The summed E-state index contributed by atoms with van der Waals surface area (Å²) in [5, 5.41) is 9.45. The Bertz CT molecular complexity index is 147. The maximum atomic E-state index is 9.45. The van der Waals surface area contributed by atoms with Gasteiger partial charge in [-0.05, 0) is 57.5 Å². The van der Waals surface area contributed by atoms with E-state index in [2.05, 4.69) is 11.8 Å². The monoisotopic (exact) mass is 197 g/mol. The lowest BCUT2D eigenvalue weighted by Gasteiger charge is -2.39. The van der Waals surface area contributed by atoms with Crippen molar-refractivity contribution in [2.75, 3.05) is 13.1 Å². The summed E-state index contributed by atoms with van der Waals surface area (Å²) in [6.07, 6.45) is 7.23. The largest absolute Gasteiger partial charge is 0.393 e. The lowest BCUT2D eigenvalue weighted by molar-refractivity contribution is 0.0576. The second-order valence-electron chi connectivity index (χ2n) is 5.18. The van der Waals surface area contributed by atoms with Crippen LogP contribution in [-0.4, -0.2) is 35.2 Å². The Kier molecular flexibility index (Phi) is 3.45. The minimum atomic E-state index is -0.00466. The molecule has 14 heavy (non-hydrogen) atoms. The summed E-state index contributed by atoms with van der Waals surface area (Å²) < 4.78 is 0. The molecule has 0 aromatic rings. The molecule has 2 fully saturated rings. The van der Waals surface area contributed by atoms with Crippen molar-refractivity contribution in [3.63, 3.8) is 0 Å². The van der Waals surface area contributed by atoms with Crippen molar-refractivity contribution >= 4 is 0 Å². The Morgan fingerprint density at radius 3 is 2.07 bits per heavy atom. The van der Waals surface area contributed by atoms with Crippen LogP contribution in [0.1, 0.15) is 45.4 Å². The molecule has 1 N–H and O–H groups in total. The van der Waals surface area contributed by atoms with Crippen LogP contribution in [0.5, 0.6) is 0 Å². The lowest BCUT2D eigenvalue weighted by atomic mass is 9.89. The number of aliphatic hydroxyl groups excluding tert-OH is 1. The fourth-order valence-corrected chi connectivity index (χ4v) is 2.82. The molecule has 0 aromatic carbocycles. The van der Waals surface area contributed by atoms with Gasteiger partial charge in [0.15, 0.2) is 0 Å². The Morgan fingerprint density at radius 2 is 1.50 bits per heavy atom. The van der Waals surface area contributed by atoms with Gasteiger partial charge in [-0.1, -0.05) is 6.92 Å². The highest BCUT2D eigenvalue weighted by molar-refractivity contribution is 4.82. The van der Waals surface area contributed by atoms with Crippen molar-refractivity contribution < 1.29 is 5.11 Å². The summed E-state index contributed by atoms with van der Waals surface area (Å²) >= 11 is 0. The van der Waals surface area contributed by atoms with E-state index in [1.54, 1.807) is 0 Å². The first-order valence-electron chi connectivity index (χ1n) is 6.18. The van der Waals surface area contributed by atoms with Crippen molar-refractivity contribution in [2.24, 2.45) is 5.92 Å². The van der Waals surface area contributed by atoms with Gasteiger partial charge in [-0.2, -0.15) is 0 Å². The standard InChI is InChI=1S/C12H23NO/c1-10-6-8-13(9-7-10)11-2-4-12(14)5-3-11/h10-12,14H,2-9H2,1H3. The fraction of sp³-hybridized carbons (Fsp3) is 1.00. The summed E-state index contributed by atoms with van der Waals surface area (Å²) in [4.78, 5) is 2.66. The van der Waals surface area contributed by atoms with Crippen molar-refractivity contribution in [3.05, 3.63) is 0 Å². The van der Waals surface area contributed by atoms with E-state index in [1.165, 1.54) is 38.8 Å². The number of likely N-dealkylation sites (tertiary alicyclic amines) is 1. The number of piperidine rings is 1. The Hall–Kier alpha value is -0.0800. The number of rotatable bonds is 1. The first kappa shape index (κ1) is 10.4. The van der Waals surface area contributed by atoms with E-state index in [4.69, 9.17) is 0 Å². The number of hydrogen-bond acceptors (Lipinski definition) is 2. The molecule has 0 atom stereocenters. The smallest absolute Gasteiger partial charge is 0.0541 e. The van der Waals surface area contributed by atoms with Crippen LogP contribution in [0, 0.1) is 5.92 Å². The van der Waals surface area contributed by atoms with Gasteiger partial charge in [0.2, 0.25) is 0 Å². The molecule has 0 aromatic heterocycles. The molecular weight excluding hydrogens is 174 g/mol. The van der Waals surface area contributed by atoms with Gasteiger partial charge in [0.25, 0.3) is 0 Å². The van der Waals surface area contributed by atoms with Crippen LogP contribution in [0.3, 0.4) is 0 Å². The van der Waals surface area contributed by atoms with E-state index in [9.17, 15) is 5.11 Å². The average Bonchev–Trinajstić information content (AvgIpc) is 2.21. The third-order valence-electron chi connectivity index (χ3n) is 4.00. The molecule has 2 aliphatic rings. The molecular formula is C12H23NO. The SMILES string of the molecule is CC1CCN(C2CCC(O)CC2)CC1. The molecule has 2 nitrogen and oxygen atoms in total. The topological polar surface area (TPSA) is 23.5 Å². The molecule has 2 rings (SSSR count). The first-order valence-corrected chi connectivity index (χ1v) is 6.18. The van der Waals surface area contributed by atoms with E-state index >= 15 is 0 Å². The molecule has 0 bridgehead atoms. The predicted octanol–water partition coefficient (Wildman–Crippen LogP) is 2.02. The van der Waals surface area contributed by atoms with Crippen LogP contribution in [0.15, 0.2) is 0 Å². The molecule has 1 aliphatic carbocycles. The second kappa shape index (κ2) is 4.63. The van der Waals surface area contributed by atoms with Gasteiger partial charge in [-0.25, -0.2) is 0 Å². The van der Waals surface area contributed by atoms with Crippen LogP contribution in [-0.2, 0) is 0 Å². The van der Waals surface area contributed by atoms with Crippen molar-refractivity contribution in [2.45, 2.75) is 57.6 Å². The third kappa shape index (κ3) is 2.48. The zero-order valence-electron chi connectivity index (χ0n) is 9.28. The average molecular weight is 197 g/mol. The van der Waals surface area contributed by atoms with Gasteiger partial charge in [0, 0.05) is 6.04 Å². The van der Waals surface area contributed by atoms with Gasteiger partial charge in [0.05, 0.1) is 6.10 Å². The molecule has 2 heteroatoms. The normalized spacial score (nSPS) is 37.3. The molecule has 0 unspecified atom stereocenters. The van der Waals surface area contributed by atoms with Crippen LogP contribution >= 0.6 is 0 Å². The fourth-order valence-electron chi connectivity index (χ4n) is 2.82. The highest BCUT2D eigenvalue weighted by Crippen LogP contribution is 2.26. The van der Waals surface area contributed by atoms with E-state index in [-0.39, 0.29) is 6.10 Å². The second-order valence-corrected chi connectivity index (χ2v) is 5.18. The summed E-state index contributed by atoms with van der Waals surface area (Å²) in [7, 11) is 0. The van der Waals surface area contributed by atoms with Crippen LogP contribution < -0.4 is 0 Å². The quantitative estimate of drug-likeness (QED) is 0.695. The molecule has 0 amide bonds. The molecule has 82 valence electrons. The Morgan fingerprint density at radius 1 is 0.929 bits per heavy atom. The van der Waals surface area contributed by atoms with E-state index < -0.39 is 0 Å². The first-order chi connectivity index (χ1) is 6.75. The summed E-state index contributed by atoms with van der Waals surface area (Å²) in [6, 6.07) is 0.783. The summed E-state index contributed by atoms with van der Waals surface area (Å²) in [5.74, 6) is 0.931. The van der Waals surface area contributed by atoms with Crippen LogP contribution in [0.4, 0.5) is 0 Å². The van der Waals surface area contributed by atoms with Crippen molar-refractivity contribution in [1.82, 2.24) is 4.90 Å². The number of hydrogen-bond donors (Lipinski definition) is 1. The molecule has 1 aliphatic heterocycles. The number of aliphatic hydroxyl groups is 1. The van der Waals surface area contributed by atoms with Gasteiger partial charge >= 0.3 is 0 Å². The van der Waals surface area contributed by atoms with Gasteiger partial charge in [-0.15, -0.1) is 0 Å². The van der Waals surface area contributed by atoms with Crippen molar-refractivity contribution in [3.8, 4) is 0 Å². The zero-order valence-corrected chi connectivity index (χ0v) is 9.28. The van der Waals surface area contributed by atoms with Gasteiger partial charge in [-0.3, -0.25) is 0 Å². The predicted molar refractivity (Wildman–Crippen MR) is 58.2 cm³/mol. The van der Waals surface area contributed by atoms with E-state index in [1.807, 2.05) is 0 Å². The van der Waals surface area contributed by atoms with Gasteiger partial charge in [0.1, 0.15) is 0 Å².